The highest BCUT2D eigenvalue weighted by Gasteiger charge is 2.30. The minimum Gasteiger partial charge on any atom is -0.377 e. The number of nitrogens with two attached hydrogens (primary N) is 1. The van der Waals surface area contributed by atoms with Gasteiger partial charge in [-0.3, -0.25) is 0 Å². The van der Waals surface area contributed by atoms with Crippen LogP contribution in [0.5, 0.6) is 0 Å². The molecule has 1 saturated heterocycles. The zero-order valence-electron chi connectivity index (χ0n) is 10.5. The third-order valence-electron chi connectivity index (χ3n) is 3.36. The summed E-state index contributed by atoms with van der Waals surface area (Å²) in [6, 6.07) is 2.45. The molecular weight excluding hydrogens is 250 g/mol. The molecule has 2 heterocycles. The monoisotopic (exact) mass is 271 g/mol. The molecule has 0 amide bonds. The van der Waals surface area contributed by atoms with Crippen molar-refractivity contribution >= 4 is 23.1 Å². The summed E-state index contributed by atoms with van der Waals surface area (Å²) in [5.74, 6) is 0. The van der Waals surface area contributed by atoms with Gasteiger partial charge >= 0.3 is 0 Å². The third kappa shape index (κ3) is 3.25. The van der Waals surface area contributed by atoms with Crippen LogP contribution in [0.15, 0.2) is 16.8 Å². The molecule has 17 heavy (non-hydrogen) atoms. The van der Waals surface area contributed by atoms with Gasteiger partial charge in [0, 0.05) is 23.1 Å². The largest absolute Gasteiger partial charge is 0.377 e. The van der Waals surface area contributed by atoms with Gasteiger partial charge < -0.3 is 10.5 Å². The van der Waals surface area contributed by atoms with E-state index in [2.05, 4.69) is 30.7 Å². The number of hydrogen-bond acceptors (Lipinski definition) is 4. The van der Waals surface area contributed by atoms with Crippen molar-refractivity contribution in [2.24, 2.45) is 5.73 Å². The average molecular weight is 271 g/mol. The topological polar surface area (TPSA) is 35.2 Å². The molecule has 1 aliphatic rings. The lowest BCUT2D eigenvalue weighted by Gasteiger charge is -2.26. The highest BCUT2D eigenvalue weighted by atomic mass is 32.2. The molecule has 0 saturated carbocycles. The maximum atomic E-state index is 6.27. The summed E-state index contributed by atoms with van der Waals surface area (Å²) in [5.41, 5.74) is 7.66. The lowest BCUT2D eigenvalue weighted by Crippen LogP contribution is -2.28. The van der Waals surface area contributed by atoms with Crippen LogP contribution in [0.25, 0.3) is 0 Å². The molecular formula is C13H21NOS2. The summed E-state index contributed by atoms with van der Waals surface area (Å²) < 4.78 is 5.64. The first-order valence-electron chi connectivity index (χ1n) is 6.27. The van der Waals surface area contributed by atoms with E-state index in [9.17, 15) is 0 Å². The predicted molar refractivity (Wildman–Crippen MR) is 76.7 cm³/mol. The molecule has 0 spiro atoms. The predicted octanol–water partition coefficient (Wildman–Crippen LogP) is 3.44. The summed E-state index contributed by atoms with van der Waals surface area (Å²) in [4.78, 5) is 0. The molecule has 96 valence electrons. The molecule has 0 radical (unpaired) electrons. The molecule has 4 atom stereocenters. The lowest BCUT2D eigenvalue weighted by molar-refractivity contribution is 0.127. The van der Waals surface area contributed by atoms with E-state index in [0.29, 0.717) is 16.6 Å². The van der Waals surface area contributed by atoms with Crippen LogP contribution in [0.3, 0.4) is 0 Å². The molecule has 0 aromatic carbocycles. The van der Waals surface area contributed by atoms with Crippen LogP contribution in [-0.2, 0) is 4.74 Å². The van der Waals surface area contributed by atoms with Crippen LogP contribution >= 0.6 is 23.1 Å². The van der Waals surface area contributed by atoms with E-state index < -0.39 is 0 Å². The molecule has 1 fully saturated rings. The Morgan fingerprint density at radius 2 is 2.47 bits per heavy atom. The molecule has 2 N–H and O–H groups in total. The Hall–Kier alpha value is -0.0300. The van der Waals surface area contributed by atoms with E-state index in [0.717, 1.165) is 19.4 Å². The zero-order valence-corrected chi connectivity index (χ0v) is 12.1. The molecule has 4 heteroatoms. The van der Waals surface area contributed by atoms with Crippen molar-refractivity contribution in [3.63, 3.8) is 0 Å². The van der Waals surface area contributed by atoms with Crippen LogP contribution in [0, 0.1) is 0 Å². The second-order valence-corrected chi connectivity index (χ2v) is 6.75. The van der Waals surface area contributed by atoms with Crippen molar-refractivity contribution in [2.45, 2.75) is 49.3 Å². The van der Waals surface area contributed by atoms with E-state index in [1.165, 1.54) is 5.56 Å². The van der Waals surface area contributed by atoms with Gasteiger partial charge in [-0.15, -0.1) is 11.8 Å². The minimum atomic E-state index is 0.238. The first kappa shape index (κ1) is 13.4. The Balaban J connectivity index is 2.06. The van der Waals surface area contributed by atoms with Crippen molar-refractivity contribution < 1.29 is 4.74 Å². The highest BCUT2D eigenvalue weighted by Crippen LogP contribution is 2.40. The summed E-state index contributed by atoms with van der Waals surface area (Å²) in [6.07, 6.45) is 2.54. The molecule has 4 unspecified atom stereocenters. The normalized spacial score (nSPS) is 28.2. The fraction of sp³-hybridized carbons (Fsp3) is 0.692. The number of hydrogen-bond donors (Lipinski definition) is 1. The first-order valence-corrected chi connectivity index (χ1v) is 8.15. The van der Waals surface area contributed by atoms with Crippen LogP contribution in [0.1, 0.15) is 37.5 Å². The Bertz CT molecular complexity index is 328. The van der Waals surface area contributed by atoms with Crippen molar-refractivity contribution in [2.75, 3.05) is 6.61 Å². The Morgan fingerprint density at radius 3 is 3.00 bits per heavy atom. The van der Waals surface area contributed by atoms with Gasteiger partial charge in [-0.05, 0) is 42.2 Å². The maximum absolute atomic E-state index is 6.27. The van der Waals surface area contributed by atoms with Gasteiger partial charge in [0.25, 0.3) is 0 Å². The van der Waals surface area contributed by atoms with E-state index in [-0.39, 0.29) is 6.04 Å². The van der Waals surface area contributed by atoms with Gasteiger partial charge in [0.15, 0.2) is 0 Å². The van der Waals surface area contributed by atoms with E-state index >= 15 is 0 Å². The van der Waals surface area contributed by atoms with Crippen molar-refractivity contribution in [3.8, 4) is 0 Å². The SMILES string of the molecule is CCC(N)C(SC1CCOC1C)c1ccsc1. The van der Waals surface area contributed by atoms with Crippen molar-refractivity contribution in [3.05, 3.63) is 22.4 Å². The maximum Gasteiger partial charge on any atom is 0.0666 e. The molecule has 2 rings (SSSR count). The molecule has 1 aromatic heterocycles. The second kappa shape index (κ2) is 6.23. The van der Waals surface area contributed by atoms with Crippen LogP contribution in [0.4, 0.5) is 0 Å². The summed E-state index contributed by atoms with van der Waals surface area (Å²) in [6.45, 7) is 5.24. The molecule has 0 aliphatic carbocycles. The molecule has 0 bridgehead atoms. The molecule has 2 nitrogen and oxygen atoms in total. The van der Waals surface area contributed by atoms with Gasteiger partial charge in [-0.25, -0.2) is 0 Å². The summed E-state index contributed by atoms with van der Waals surface area (Å²) in [5, 5.41) is 5.38. The van der Waals surface area contributed by atoms with Gasteiger partial charge in [-0.1, -0.05) is 6.92 Å². The zero-order chi connectivity index (χ0) is 12.3. The van der Waals surface area contributed by atoms with Crippen LogP contribution in [-0.4, -0.2) is 24.0 Å². The van der Waals surface area contributed by atoms with Gasteiger partial charge in [0.05, 0.1) is 6.10 Å². The lowest BCUT2D eigenvalue weighted by atomic mass is 10.1. The van der Waals surface area contributed by atoms with Gasteiger partial charge in [-0.2, -0.15) is 11.3 Å². The number of thioether (sulfide) groups is 1. The molecule has 1 aliphatic heterocycles. The Morgan fingerprint density at radius 1 is 1.65 bits per heavy atom. The molecule has 1 aromatic rings. The highest BCUT2D eigenvalue weighted by molar-refractivity contribution is 8.00. The van der Waals surface area contributed by atoms with Crippen LogP contribution in [0.2, 0.25) is 0 Å². The standard InChI is InChI=1S/C13H21NOS2/c1-3-11(14)13(10-5-7-16-8-10)17-12-4-6-15-9(12)2/h5,7-9,11-13H,3-4,6,14H2,1-2H3. The summed E-state index contributed by atoms with van der Waals surface area (Å²) in [7, 11) is 0. The van der Waals surface area contributed by atoms with E-state index in [4.69, 9.17) is 10.5 Å². The Kier molecular flexibility index (Phi) is 4.91. The minimum absolute atomic E-state index is 0.238. The smallest absolute Gasteiger partial charge is 0.0666 e. The Labute approximate surface area is 112 Å². The van der Waals surface area contributed by atoms with Gasteiger partial charge in [0.1, 0.15) is 0 Å². The average Bonchev–Trinajstić information content (AvgIpc) is 2.97. The first-order chi connectivity index (χ1) is 8.22. The third-order valence-corrected chi connectivity index (χ3v) is 5.95. The number of thiophene rings is 1. The fourth-order valence-corrected chi connectivity index (χ4v) is 4.55. The van der Waals surface area contributed by atoms with Crippen molar-refractivity contribution in [1.29, 1.82) is 0 Å². The number of ether oxygens (including phenoxy) is 1. The van der Waals surface area contributed by atoms with Gasteiger partial charge in [0.2, 0.25) is 0 Å². The fourth-order valence-electron chi connectivity index (χ4n) is 2.16. The quantitative estimate of drug-likeness (QED) is 0.891. The second-order valence-electron chi connectivity index (χ2n) is 4.59. The summed E-state index contributed by atoms with van der Waals surface area (Å²) >= 11 is 3.76. The van der Waals surface area contributed by atoms with E-state index in [1.54, 1.807) is 11.3 Å². The van der Waals surface area contributed by atoms with Crippen molar-refractivity contribution in [1.82, 2.24) is 0 Å². The van der Waals surface area contributed by atoms with E-state index in [1.807, 2.05) is 11.8 Å². The van der Waals surface area contributed by atoms with Crippen LogP contribution < -0.4 is 5.73 Å². The number of rotatable bonds is 5.